The van der Waals surface area contributed by atoms with Crippen LogP contribution in [0.15, 0.2) is 65.5 Å². The van der Waals surface area contributed by atoms with E-state index in [4.69, 9.17) is 4.74 Å². The summed E-state index contributed by atoms with van der Waals surface area (Å²) in [6.45, 7) is 1.27. The molecule has 1 aromatic heterocycles. The minimum absolute atomic E-state index is 0.00604. The molecule has 1 aliphatic rings. The second-order valence-corrected chi connectivity index (χ2v) is 7.47. The Morgan fingerprint density at radius 3 is 2.24 bits per heavy atom. The summed E-state index contributed by atoms with van der Waals surface area (Å²) in [6.07, 6.45) is -4.42. The van der Waals surface area contributed by atoms with Crippen molar-refractivity contribution in [2.75, 3.05) is 38.2 Å². The second kappa shape index (κ2) is 8.97. The van der Waals surface area contributed by atoms with Gasteiger partial charge in [-0.2, -0.15) is 23.0 Å². The molecule has 4 rings (SSSR count). The van der Waals surface area contributed by atoms with Crippen molar-refractivity contribution in [3.05, 3.63) is 82.3 Å². The maximum absolute atomic E-state index is 13.2. The van der Waals surface area contributed by atoms with Crippen molar-refractivity contribution in [3.8, 4) is 11.4 Å². The lowest BCUT2D eigenvalue weighted by atomic mass is 10.1. The zero-order valence-corrected chi connectivity index (χ0v) is 17.7. The van der Waals surface area contributed by atoms with E-state index in [2.05, 4.69) is 5.10 Å². The zero-order chi connectivity index (χ0) is 23.6. The highest BCUT2D eigenvalue weighted by molar-refractivity contribution is 5.95. The fourth-order valence-electron chi connectivity index (χ4n) is 3.69. The van der Waals surface area contributed by atoms with E-state index in [1.54, 1.807) is 46.2 Å². The first-order valence-corrected chi connectivity index (χ1v) is 10.2. The van der Waals surface area contributed by atoms with Crippen molar-refractivity contribution in [2.45, 2.75) is 6.18 Å². The van der Waals surface area contributed by atoms with E-state index in [0.29, 0.717) is 24.5 Å². The maximum atomic E-state index is 13.2. The largest absolute Gasteiger partial charge is 0.494 e. The molecule has 33 heavy (non-hydrogen) atoms. The number of rotatable bonds is 4. The Kier molecular flexibility index (Phi) is 6.08. The lowest BCUT2D eigenvalue weighted by Crippen LogP contribution is -2.49. The molecule has 0 spiro atoms. The molecular weight excluding hydrogens is 437 g/mol. The van der Waals surface area contributed by atoms with Crippen LogP contribution in [0, 0.1) is 0 Å². The summed E-state index contributed by atoms with van der Waals surface area (Å²) in [5, 5.41) is 4.25. The van der Waals surface area contributed by atoms with E-state index >= 15 is 0 Å². The van der Waals surface area contributed by atoms with Gasteiger partial charge in [-0.15, -0.1) is 0 Å². The first-order chi connectivity index (χ1) is 15.8. The van der Waals surface area contributed by atoms with Crippen LogP contribution < -0.4 is 15.2 Å². The molecule has 0 N–H and O–H groups in total. The Hall–Kier alpha value is -3.82. The van der Waals surface area contributed by atoms with Gasteiger partial charge in [0.05, 0.1) is 24.4 Å². The molecule has 1 fully saturated rings. The van der Waals surface area contributed by atoms with Gasteiger partial charge in [-0.25, -0.2) is 0 Å². The van der Waals surface area contributed by atoms with Gasteiger partial charge in [-0.3, -0.25) is 9.59 Å². The van der Waals surface area contributed by atoms with Crippen LogP contribution in [-0.2, 0) is 6.18 Å². The molecule has 0 unspecified atom stereocenters. The molecular formula is C23H21F3N4O3. The topological polar surface area (TPSA) is 67.7 Å². The first-order valence-electron chi connectivity index (χ1n) is 10.2. The average molecular weight is 458 g/mol. The Balaban J connectivity index is 1.54. The fraction of sp³-hybridized carbons (Fsp3) is 0.261. The molecule has 1 saturated heterocycles. The fourth-order valence-corrected chi connectivity index (χ4v) is 3.69. The van der Waals surface area contributed by atoms with Crippen molar-refractivity contribution in [1.82, 2.24) is 14.7 Å². The van der Waals surface area contributed by atoms with Gasteiger partial charge in [-0.05, 0) is 30.3 Å². The summed E-state index contributed by atoms with van der Waals surface area (Å²) >= 11 is 0. The third-order valence-corrected chi connectivity index (χ3v) is 5.43. The number of para-hydroxylation sites is 1. The van der Waals surface area contributed by atoms with Gasteiger partial charge in [0.1, 0.15) is 0 Å². The van der Waals surface area contributed by atoms with Crippen LogP contribution in [0.3, 0.4) is 0 Å². The Labute approximate surface area is 187 Å². The molecule has 0 aliphatic carbocycles. The monoisotopic (exact) mass is 458 g/mol. The van der Waals surface area contributed by atoms with Crippen LogP contribution in [0.2, 0.25) is 0 Å². The number of hydrogen-bond donors (Lipinski definition) is 0. The molecule has 0 atom stereocenters. The Bertz CT molecular complexity index is 1200. The zero-order valence-electron chi connectivity index (χ0n) is 17.7. The Morgan fingerprint density at radius 2 is 1.61 bits per heavy atom. The van der Waals surface area contributed by atoms with E-state index < -0.39 is 23.2 Å². The predicted octanol–water partition coefficient (Wildman–Crippen LogP) is 3.22. The van der Waals surface area contributed by atoms with Gasteiger partial charge in [0.25, 0.3) is 11.5 Å². The van der Waals surface area contributed by atoms with Crippen LogP contribution in [0.1, 0.15) is 16.1 Å². The van der Waals surface area contributed by atoms with Crippen LogP contribution in [0.5, 0.6) is 5.75 Å². The van der Waals surface area contributed by atoms with Gasteiger partial charge >= 0.3 is 6.18 Å². The molecule has 172 valence electrons. The minimum Gasteiger partial charge on any atom is -0.494 e. The standard InChI is InChI=1S/C23H21F3N4O3/c1-33-19-15-20(31)30(17-7-3-2-4-8-17)27-21(19)22(32)29-12-10-28(11-13-29)18-9-5-6-16(14-18)23(24,25)26/h2-9,14-15H,10-13H2,1H3. The van der Waals surface area contributed by atoms with E-state index in [1.165, 1.54) is 19.2 Å². The van der Waals surface area contributed by atoms with Crippen LogP contribution in [0.4, 0.5) is 18.9 Å². The van der Waals surface area contributed by atoms with Crippen molar-refractivity contribution in [2.24, 2.45) is 0 Å². The maximum Gasteiger partial charge on any atom is 0.416 e. The number of amides is 1. The number of nitrogens with zero attached hydrogens (tertiary/aromatic N) is 4. The molecule has 2 heterocycles. The third kappa shape index (κ3) is 4.69. The average Bonchev–Trinajstić information content (AvgIpc) is 2.83. The molecule has 1 amide bonds. The third-order valence-electron chi connectivity index (χ3n) is 5.43. The second-order valence-electron chi connectivity index (χ2n) is 7.47. The van der Waals surface area contributed by atoms with E-state index in [-0.39, 0.29) is 24.5 Å². The number of carbonyl (C=O) groups excluding carboxylic acids is 1. The number of ether oxygens (including phenoxy) is 1. The van der Waals surface area contributed by atoms with Crippen molar-refractivity contribution in [3.63, 3.8) is 0 Å². The number of carbonyl (C=O) groups is 1. The van der Waals surface area contributed by atoms with Crippen LogP contribution in [0.25, 0.3) is 5.69 Å². The quantitative estimate of drug-likeness (QED) is 0.601. The molecule has 10 heteroatoms. The molecule has 0 bridgehead atoms. The summed E-state index contributed by atoms with van der Waals surface area (Å²) in [5.74, 6) is -0.349. The lowest BCUT2D eigenvalue weighted by Gasteiger charge is -2.36. The number of benzene rings is 2. The van der Waals surface area contributed by atoms with Crippen LogP contribution in [-0.4, -0.2) is 53.9 Å². The first kappa shape index (κ1) is 22.4. The summed E-state index contributed by atoms with van der Waals surface area (Å²) in [6, 6.07) is 15.0. The molecule has 0 radical (unpaired) electrons. The lowest BCUT2D eigenvalue weighted by molar-refractivity contribution is -0.137. The van der Waals surface area contributed by atoms with Crippen molar-refractivity contribution < 1.29 is 22.7 Å². The summed E-state index contributed by atoms with van der Waals surface area (Å²) in [7, 11) is 1.35. The number of aromatic nitrogens is 2. The summed E-state index contributed by atoms with van der Waals surface area (Å²) < 4.78 is 45.5. The highest BCUT2D eigenvalue weighted by atomic mass is 19.4. The van der Waals surface area contributed by atoms with E-state index in [9.17, 15) is 22.8 Å². The van der Waals surface area contributed by atoms with Crippen molar-refractivity contribution in [1.29, 1.82) is 0 Å². The number of halogens is 3. The predicted molar refractivity (Wildman–Crippen MR) is 116 cm³/mol. The summed E-state index contributed by atoms with van der Waals surface area (Å²) in [4.78, 5) is 29.0. The SMILES string of the molecule is COc1cc(=O)n(-c2ccccc2)nc1C(=O)N1CCN(c2cccc(C(F)(F)F)c2)CC1. The smallest absolute Gasteiger partial charge is 0.416 e. The highest BCUT2D eigenvalue weighted by Crippen LogP contribution is 2.32. The van der Waals surface area contributed by atoms with Gasteiger partial charge in [0, 0.05) is 31.9 Å². The molecule has 2 aromatic carbocycles. The Morgan fingerprint density at radius 1 is 0.939 bits per heavy atom. The number of anilines is 1. The van der Waals surface area contributed by atoms with Gasteiger partial charge < -0.3 is 14.5 Å². The van der Waals surface area contributed by atoms with Crippen molar-refractivity contribution >= 4 is 11.6 Å². The number of piperazine rings is 1. The molecule has 3 aromatic rings. The number of hydrogen-bond acceptors (Lipinski definition) is 5. The van der Waals surface area contributed by atoms with E-state index in [0.717, 1.165) is 16.8 Å². The molecule has 7 nitrogen and oxygen atoms in total. The number of alkyl halides is 3. The molecule has 1 aliphatic heterocycles. The number of methoxy groups -OCH3 is 1. The highest BCUT2D eigenvalue weighted by Gasteiger charge is 2.32. The normalized spacial score (nSPS) is 14.3. The van der Waals surface area contributed by atoms with Crippen LogP contribution >= 0.6 is 0 Å². The van der Waals surface area contributed by atoms with Gasteiger partial charge in [0.2, 0.25) is 0 Å². The van der Waals surface area contributed by atoms with E-state index in [1.807, 2.05) is 0 Å². The summed E-state index contributed by atoms with van der Waals surface area (Å²) in [5.41, 5.74) is -0.202. The van der Waals surface area contributed by atoms with Gasteiger partial charge in [-0.1, -0.05) is 24.3 Å². The molecule has 0 saturated carbocycles. The van der Waals surface area contributed by atoms with Gasteiger partial charge in [0.15, 0.2) is 11.4 Å². The minimum atomic E-state index is -4.42.